The molecule has 0 bridgehead atoms. The van der Waals surface area contributed by atoms with Gasteiger partial charge < -0.3 is 9.84 Å². The molecule has 3 rings (SSSR count). The second-order valence-corrected chi connectivity index (χ2v) is 7.86. The Morgan fingerprint density at radius 1 is 1.18 bits per heavy atom. The van der Waals surface area contributed by atoms with Gasteiger partial charge in [-0.3, -0.25) is 4.79 Å². The molecule has 0 saturated carbocycles. The molecule has 1 heterocycles. The van der Waals surface area contributed by atoms with Crippen molar-refractivity contribution in [2.24, 2.45) is 0 Å². The SMILES string of the molecule is CCCCCC(=O)/C=C/c1ccc(OCC(O)(Cn2cncn2)c2ccc(F)cc2F)cc1. The number of halogens is 2. The minimum atomic E-state index is -1.82. The minimum absolute atomic E-state index is 0.0864. The number of carbonyl (C=O) groups is 1. The van der Waals surface area contributed by atoms with Crippen LogP contribution in [0.4, 0.5) is 8.78 Å². The van der Waals surface area contributed by atoms with E-state index in [2.05, 4.69) is 17.0 Å². The van der Waals surface area contributed by atoms with E-state index in [1.54, 1.807) is 36.4 Å². The highest BCUT2D eigenvalue weighted by Crippen LogP contribution is 2.28. The number of allylic oxidation sites excluding steroid dienone is 1. The number of nitrogens with zero attached hydrogens (tertiary/aromatic N) is 3. The number of benzene rings is 2. The topological polar surface area (TPSA) is 77.2 Å². The van der Waals surface area contributed by atoms with Crippen LogP contribution in [0.25, 0.3) is 6.08 Å². The van der Waals surface area contributed by atoms with Crippen molar-refractivity contribution in [3.63, 3.8) is 0 Å². The van der Waals surface area contributed by atoms with Crippen molar-refractivity contribution in [2.45, 2.75) is 44.8 Å². The summed E-state index contributed by atoms with van der Waals surface area (Å²) in [6.45, 7) is 1.65. The molecule has 0 radical (unpaired) electrons. The molecule has 2 aromatic carbocycles. The first-order valence-corrected chi connectivity index (χ1v) is 10.8. The maximum absolute atomic E-state index is 14.5. The summed E-state index contributed by atoms with van der Waals surface area (Å²) in [7, 11) is 0. The fourth-order valence-electron chi connectivity index (χ4n) is 3.36. The predicted molar refractivity (Wildman–Crippen MR) is 120 cm³/mol. The molecule has 3 aromatic rings. The number of rotatable bonds is 12. The molecule has 1 aromatic heterocycles. The third kappa shape index (κ3) is 7.05. The van der Waals surface area contributed by atoms with Gasteiger partial charge >= 0.3 is 0 Å². The van der Waals surface area contributed by atoms with Crippen molar-refractivity contribution in [1.29, 1.82) is 0 Å². The number of ether oxygens (including phenoxy) is 1. The van der Waals surface area contributed by atoms with Crippen LogP contribution in [0.15, 0.2) is 61.2 Å². The average molecular weight is 456 g/mol. The van der Waals surface area contributed by atoms with E-state index in [0.29, 0.717) is 18.2 Å². The van der Waals surface area contributed by atoms with Gasteiger partial charge in [0, 0.05) is 18.1 Å². The normalized spacial score (nSPS) is 13.2. The van der Waals surface area contributed by atoms with Gasteiger partial charge in [-0.2, -0.15) is 5.10 Å². The molecule has 0 saturated heterocycles. The Kier molecular flexibility index (Phi) is 8.43. The lowest BCUT2D eigenvalue weighted by Crippen LogP contribution is -2.39. The number of hydrogen-bond donors (Lipinski definition) is 1. The zero-order chi connectivity index (χ0) is 23.7. The van der Waals surface area contributed by atoms with E-state index in [0.717, 1.165) is 30.9 Å². The monoisotopic (exact) mass is 455 g/mol. The average Bonchev–Trinajstić information content (AvgIpc) is 3.30. The summed E-state index contributed by atoms with van der Waals surface area (Å²) in [6, 6.07) is 9.93. The lowest BCUT2D eigenvalue weighted by Gasteiger charge is -2.29. The molecule has 8 heteroatoms. The molecule has 0 fully saturated rings. The summed E-state index contributed by atoms with van der Waals surface area (Å²) in [5.74, 6) is -1.10. The number of aromatic nitrogens is 3. The number of ketones is 1. The van der Waals surface area contributed by atoms with E-state index in [1.165, 1.54) is 23.4 Å². The van der Waals surface area contributed by atoms with Gasteiger partial charge in [0.15, 0.2) is 5.78 Å². The predicted octanol–water partition coefficient (Wildman–Crippen LogP) is 4.69. The summed E-state index contributed by atoms with van der Waals surface area (Å²) in [4.78, 5) is 15.7. The molecule has 1 N–H and O–H groups in total. The van der Waals surface area contributed by atoms with Crippen molar-refractivity contribution >= 4 is 11.9 Å². The third-order valence-electron chi connectivity index (χ3n) is 5.17. The van der Waals surface area contributed by atoms with Crippen LogP contribution in [0.2, 0.25) is 0 Å². The van der Waals surface area contributed by atoms with Gasteiger partial charge in [-0.25, -0.2) is 18.4 Å². The van der Waals surface area contributed by atoms with Crippen LogP contribution in [0.5, 0.6) is 5.75 Å². The molecule has 0 aliphatic heterocycles. The van der Waals surface area contributed by atoms with E-state index >= 15 is 0 Å². The lowest BCUT2D eigenvalue weighted by molar-refractivity contribution is -0.114. The van der Waals surface area contributed by atoms with Gasteiger partial charge in [0.2, 0.25) is 0 Å². The quantitative estimate of drug-likeness (QED) is 0.317. The number of aliphatic hydroxyl groups is 1. The molecule has 174 valence electrons. The van der Waals surface area contributed by atoms with Crippen molar-refractivity contribution in [1.82, 2.24) is 14.8 Å². The highest BCUT2D eigenvalue weighted by Gasteiger charge is 2.34. The molecule has 1 unspecified atom stereocenters. The summed E-state index contributed by atoms with van der Waals surface area (Å²) in [6.07, 6.45) is 9.53. The Bertz CT molecular complexity index is 1070. The maximum Gasteiger partial charge on any atom is 0.155 e. The lowest BCUT2D eigenvalue weighted by atomic mass is 9.94. The van der Waals surface area contributed by atoms with E-state index in [4.69, 9.17) is 4.74 Å². The first kappa shape index (κ1) is 24.3. The minimum Gasteiger partial charge on any atom is -0.490 e. The van der Waals surface area contributed by atoms with E-state index in [9.17, 15) is 18.7 Å². The summed E-state index contributed by atoms with van der Waals surface area (Å²) >= 11 is 0. The molecule has 33 heavy (non-hydrogen) atoms. The van der Waals surface area contributed by atoms with Crippen LogP contribution in [-0.2, 0) is 16.9 Å². The Hall–Kier alpha value is -3.39. The molecule has 6 nitrogen and oxygen atoms in total. The van der Waals surface area contributed by atoms with Crippen LogP contribution in [0.3, 0.4) is 0 Å². The molecule has 0 aliphatic carbocycles. The number of hydrogen-bond acceptors (Lipinski definition) is 5. The smallest absolute Gasteiger partial charge is 0.155 e. The van der Waals surface area contributed by atoms with Crippen LogP contribution in [-0.4, -0.2) is 32.3 Å². The van der Waals surface area contributed by atoms with E-state index < -0.39 is 17.2 Å². The molecule has 0 amide bonds. The summed E-state index contributed by atoms with van der Waals surface area (Å²) in [5, 5.41) is 15.2. The van der Waals surface area contributed by atoms with Crippen molar-refractivity contribution in [3.05, 3.63) is 84.0 Å². The largest absolute Gasteiger partial charge is 0.490 e. The summed E-state index contributed by atoms with van der Waals surface area (Å²) in [5.41, 5.74) is -1.11. The molecular formula is C25H27F2N3O3. The first-order chi connectivity index (χ1) is 15.9. The van der Waals surface area contributed by atoms with Gasteiger partial charge in [0.05, 0.1) is 6.54 Å². The summed E-state index contributed by atoms with van der Waals surface area (Å²) < 4.78 is 34.9. The standard InChI is InChI=1S/C25H27F2N3O3/c1-2-3-4-5-21(31)10-6-19-7-11-22(12-8-19)33-16-25(32,15-30-18-28-17-29-30)23-13-9-20(26)14-24(23)27/h6-14,17-18,32H,2-5,15-16H2,1H3/b10-6+. The van der Waals surface area contributed by atoms with Crippen molar-refractivity contribution < 1.29 is 23.4 Å². The molecule has 1 atom stereocenters. The molecular weight excluding hydrogens is 428 g/mol. The second-order valence-electron chi connectivity index (χ2n) is 7.86. The van der Waals surface area contributed by atoms with Crippen LogP contribution < -0.4 is 4.74 Å². The third-order valence-corrected chi connectivity index (χ3v) is 5.17. The van der Waals surface area contributed by atoms with Crippen molar-refractivity contribution in [3.8, 4) is 5.75 Å². The zero-order valence-corrected chi connectivity index (χ0v) is 18.5. The molecule has 0 aliphatic rings. The van der Waals surface area contributed by atoms with Crippen LogP contribution in [0.1, 0.15) is 43.7 Å². The number of unbranched alkanes of at least 4 members (excludes halogenated alkanes) is 2. The maximum atomic E-state index is 14.5. The first-order valence-electron chi connectivity index (χ1n) is 10.8. The van der Waals surface area contributed by atoms with E-state index in [1.807, 2.05) is 0 Å². The Morgan fingerprint density at radius 2 is 1.97 bits per heavy atom. The fourth-order valence-corrected chi connectivity index (χ4v) is 3.36. The Labute approximate surface area is 191 Å². The van der Waals surface area contributed by atoms with Crippen molar-refractivity contribution in [2.75, 3.05) is 6.61 Å². The number of carbonyl (C=O) groups excluding carboxylic acids is 1. The van der Waals surface area contributed by atoms with Crippen LogP contribution in [0, 0.1) is 11.6 Å². The highest BCUT2D eigenvalue weighted by atomic mass is 19.1. The second kappa shape index (κ2) is 11.5. The highest BCUT2D eigenvalue weighted by molar-refractivity contribution is 5.93. The van der Waals surface area contributed by atoms with Gasteiger partial charge in [0.25, 0.3) is 0 Å². The van der Waals surface area contributed by atoms with Gasteiger partial charge in [-0.15, -0.1) is 0 Å². The Morgan fingerprint density at radius 3 is 2.64 bits per heavy atom. The Balaban J connectivity index is 1.68. The van der Waals surface area contributed by atoms with Gasteiger partial charge in [-0.1, -0.05) is 44.0 Å². The van der Waals surface area contributed by atoms with Crippen LogP contribution >= 0.6 is 0 Å². The fraction of sp³-hybridized carbons (Fsp3) is 0.320. The van der Waals surface area contributed by atoms with E-state index in [-0.39, 0.29) is 24.5 Å². The molecule has 0 spiro atoms. The van der Waals surface area contributed by atoms with Gasteiger partial charge in [0.1, 0.15) is 42.2 Å². The zero-order valence-electron chi connectivity index (χ0n) is 18.5. The van der Waals surface area contributed by atoms with Gasteiger partial charge in [-0.05, 0) is 36.3 Å².